The van der Waals surface area contributed by atoms with Crippen molar-refractivity contribution < 1.29 is 23.9 Å². The van der Waals surface area contributed by atoms with Crippen molar-refractivity contribution in [1.29, 1.82) is 0 Å². The van der Waals surface area contributed by atoms with Crippen molar-refractivity contribution in [2.75, 3.05) is 18.5 Å². The number of fused-ring (bicyclic) bond motifs is 1. The molecule has 184 valence electrons. The van der Waals surface area contributed by atoms with Gasteiger partial charge in [-0.2, -0.15) is 0 Å². The first-order chi connectivity index (χ1) is 16.7. The molecule has 1 aliphatic heterocycles. The zero-order valence-corrected chi connectivity index (χ0v) is 20.5. The number of nitrogens with zero attached hydrogens (tertiary/aromatic N) is 1. The summed E-state index contributed by atoms with van der Waals surface area (Å²) in [7, 11) is 0. The van der Waals surface area contributed by atoms with Crippen LogP contribution in [0.3, 0.4) is 0 Å². The SMILES string of the molecule is CCOC(=O)c1cc2cc(NC(=O)[C@H]3[C@H](c4ccccc4)CCN3C(=O)OC(C)(C)C)ccc2[nH]1. The van der Waals surface area contributed by atoms with Gasteiger partial charge in [-0.05, 0) is 63.9 Å². The van der Waals surface area contributed by atoms with Crippen LogP contribution < -0.4 is 5.32 Å². The normalized spacial score (nSPS) is 17.9. The van der Waals surface area contributed by atoms with Crippen LogP contribution in [0.15, 0.2) is 54.6 Å². The molecule has 0 aliphatic carbocycles. The van der Waals surface area contributed by atoms with Gasteiger partial charge in [-0.3, -0.25) is 9.69 Å². The minimum absolute atomic E-state index is 0.157. The minimum Gasteiger partial charge on any atom is -0.461 e. The average Bonchev–Trinajstić information content (AvgIpc) is 3.43. The maximum Gasteiger partial charge on any atom is 0.410 e. The number of H-pyrrole nitrogens is 1. The molecule has 1 fully saturated rings. The fourth-order valence-electron chi connectivity index (χ4n) is 4.44. The van der Waals surface area contributed by atoms with Crippen LogP contribution in [0.5, 0.6) is 0 Å². The number of ether oxygens (including phenoxy) is 2. The van der Waals surface area contributed by atoms with Gasteiger partial charge in [0.1, 0.15) is 17.3 Å². The molecule has 2 amide bonds. The van der Waals surface area contributed by atoms with Crippen molar-refractivity contribution in [2.24, 2.45) is 0 Å². The Labute approximate surface area is 204 Å². The number of carbonyl (C=O) groups is 3. The summed E-state index contributed by atoms with van der Waals surface area (Å²) in [5, 5.41) is 3.73. The van der Waals surface area contributed by atoms with Crippen LogP contribution in [0, 0.1) is 0 Å². The van der Waals surface area contributed by atoms with Crippen molar-refractivity contribution in [3.05, 3.63) is 65.9 Å². The fourth-order valence-corrected chi connectivity index (χ4v) is 4.44. The summed E-state index contributed by atoms with van der Waals surface area (Å²) >= 11 is 0. The number of aromatic nitrogens is 1. The summed E-state index contributed by atoms with van der Waals surface area (Å²) in [6.07, 6.45) is 0.150. The monoisotopic (exact) mass is 477 g/mol. The molecule has 0 bridgehead atoms. The number of anilines is 1. The molecule has 0 unspecified atom stereocenters. The van der Waals surface area contributed by atoms with E-state index in [9.17, 15) is 14.4 Å². The standard InChI is InChI=1S/C27H31N3O5/c1-5-34-25(32)22-16-18-15-19(11-12-21(18)29-22)28-24(31)23-20(17-9-7-6-8-10-17)13-14-30(23)26(33)35-27(2,3)4/h6-12,15-16,20,23,29H,5,13-14H2,1-4H3,(H,28,31)/t20-,23+/m0/s1. The summed E-state index contributed by atoms with van der Waals surface area (Å²) < 4.78 is 10.7. The molecular weight excluding hydrogens is 446 g/mol. The Morgan fingerprint density at radius 3 is 2.51 bits per heavy atom. The maximum absolute atomic E-state index is 13.6. The highest BCUT2D eigenvalue weighted by atomic mass is 16.6. The van der Waals surface area contributed by atoms with Gasteiger partial charge in [-0.1, -0.05) is 30.3 Å². The van der Waals surface area contributed by atoms with Crippen LogP contribution >= 0.6 is 0 Å². The smallest absolute Gasteiger partial charge is 0.410 e. The van der Waals surface area contributed by atoms with E-state index < -0.39 is 23.7 Å². The molecule has 4 rings (SSSR count). The lowest BCUT2D eigenvalue weighted by Gasteiger charge is -2.30. The number of hydrogen-bond donors (Lipinski definition) is 2. The molecule has 1 aliphatic rings. The number of carbonyl (C=O) groups excluding carboxylic acids is 3. The largest absolute Gasteiger partial charge is 0.461 e. The Morgan fingerprint density at radius 2 is 1.83 bits per heavy atom. The van der Waals surface area contributed by atoms with Crippen LogP contribution in [0.4, 0.5) is 10.5 Å². The highest BCUT2D eigenvalue weighted by molar-refractivity contribution is 6.00. The predicted molar refractivity (Wildman–Crippen MR) is 133 cm³/mol. The Bertz CT molecular complexity index is 1230. The number of rotatable bonds is 5. The molecule has 8 heteroatoms. The van der Waals surface area contributed by atoms with Gasteiger partial charge in [0.05, 0.1) is 6.61 Å². The summed E-state index contributed by atoms with van der Waals surface area (Å²) in [5.41, 5.74) is 2.00. The van der Waals surface area contributed by atoms with E-state index in [4.69, 9.17) is 9.47 Å². The van der Waals surface area contributed by atoms with Gasteiger partial charge in [-0.25, -0.2) is 9.59 Å². The van der Waals surface area contributed by atoms with E-state index in [2.05, 4.69) is 10.3 Å². The molecule has 2 aromatic carbocycles. The summed E-state index contributed by atoms with van der Waals surface area (Å²) in [5.74, 6) is -0.878. The number of aromatic amines is 1. The number of esters is 1. The summed E-state index contributed by atoms with van der Waals surface area (Å²) in [6.45, 7) is 7.88. The molecule has 35 heavy (non-hydrogen) atoms. The molecule has 0 spiro atoms. The van der Waals surface area contributed by atoms with Gasteiger partial charge in [-0.15, -0.1) is 0 Å². The molecule has 0 saturated carbocycles. The van der Waals surface area contributed by atoms with Crippen LogP contribution in [-0.4, -0.2) is 52.6 Å². The lowest BCUT2D eigenvalue weighted by atomic mass is 9.91. The Morgan fingerprint density at radius 1 is 1.09 bits per heavy atom. The second-order valence-electron chi connectivity index (χ2n) is 9.62. The van der Waals surface area contributed by atoms with Gasteiger partial charge in [0, 0.05) is 29.1 Å². The van der Waals surface area contributed by atoms with Crippen molar-refractivity contribution in [3.63, 3.8) is 0 Å². The van der Waals surface area contributed by atoms with E-state index in [1.165, 1.54) is 4.90 Å². The molecule has 3 aromatic rings. The summed E-state index contributed by atoms with van der Waals surface area (Å²) in [6, 6.07) is 16.1. The van der Waals surface area contributed by atoms with Gasteiger partial charge >= 0.3 is 12.1 Å². The van der Waals surface area contributed by atoms with Gasteiger partial charge < -0.3 is 19.8 Å². The highest BCUT2D eigenvalue weighted by Gasteiger charge is 2.44. The number of likely N-dealkylation sites (tertiary alicyclic amines) is 1. The van der Waals surface area contributed by atoms with Crippen molar-refractivity contribution in [1.82, 2.24) is 9.88 Å². The molecule has 1 aromatic heterocycles. The second-order valence-corrected chi connectivity index (χ2v) is 9.62. The van der Waals surface area contributed by atoms with E-state index in [-0.39, 0.29) is 18.4 Å². The third kappa shape index (κ3) is 5.48. The third-order valence-corrected chi connectivity index (χ3v) is 5.91. The Kier molecular flexibility index (Phi) is 6.82. The first-order valence-electron chi connectivity index (χ1n) is 11.8. The van der Waals surface area contributed by atoms with Crippen molar-refractivity contribution >= 4 is 34.6 Å². The lowest BCUT2D eigenvalue weighted by Crippen LogP contribution is -2.47. The topological polar surface area (TPSA) is 101 Å². The van der Waals surface area contributed by atoms with Crippen molar-refractivity contribution in [2.45, 2.75) is 51.7 Å². The van der Waals surface area contributed by atoms with Crippen LogP contribution in [-0.2, 0) is 14.3 Å². The first-order valence-corrected chi connectivity index (χ1v) is 11.8. The van der Waals surface area contributed by atoms with Gasteiger partial charge in [0.25, 0.3) is 0 Å². The van der Waals surface area contributed by atoms with E-state index in [0.29, 0.717) is 24.3 Å². The van der Waals surface area contributed by atoms with E-state index in [0.717, 1.165) is 16.5 Å². The number of amides is 2. The molecule has 2 N–H and O–H groups in total. The predicted octanol–water partition coefficient (Wildman–Crippen LogP) is 5.08. The molecule has 2 heterocycles. The van der Waals surface area contributed by atoms with E-state index in [1.54, 1.807) is 52.0 Å². The molecule has 2 atom stereocenters. The number of hydrogen-bond acceptors (Lipinski definition) is 5. The highest BCUT2D eigenvalue weighted by Crippen LogP contribution is 2.35. The van der Waals surface area contributed by atoms with Gasteiger partial charge in [0.2, 0.25) is 5.91 Å². The number of benzene rings is 2. The van der Waals surface area contributed by atoms with Crippen LogP contribution in [0.1, 0.15) is 56.1 Å². The maximum atomic E-state index is 13.6. The minimum atomic E-state index is -0.718. The molecule has 0 radical (unpaired) electrons. The van der Waals surface area contributed by atoms with Gasteiger partial charge in [0.15, 0.2) is 0 Å². The van der Waals surface area contributed by atoms with Crippen molar-refractivity contribution in [3.8, 4) is 0 Å². The first kappa shape index (κ1) is 24.3. The third-order valence-electron chi connectivity index (χ3n) is 5.91. The Balaban J connectivity index is 1.59. The summed E-state index contributed by atoms with van der Waals surface area (Å²) in [4.78, 5) is 43.1. The average molecular weight is 478 g/mol. The zero-order chi connectivity index (χ0) is 25.2. The lowest BCUT2D eigenvalue weighted by molar-refractivity contribution is -0.120. The quantitative estimate of drug-likeness (QED) is 0.499. The zero-order valence-electron chi connectivity index (χ0n) is 20.5. The number of nitrogens with one attached hydrogen (secondary N) is 2. The molecule has 8 nitrogen and oxygen atoms in total. The van der Waals surface area contributed by atoms with Crippen LogP contribution in [0.25, 0.3) is 10.9 Å². The van der Waals surface area contributed by atoms with Crippen LogP contribution in [0.2, 0.25) is 0 Å². The molecule has 1 saturated heterocycles. The van der Waals surface area contributed by atoms with E-state index >= 15 is 0 Å². The second kappa shape index (κ2) is 9.82. The Hall–Kier alpha value is -3.81. The van der Waals surface area contributed by atoms with E-state index in [1.807, 2.05) is 30.3 Å². The fraction of sp³-hybridized carbons (Fsp3) is 0.370. The molecular formula is C27H31N3O5.